The molecule has 1 heterocycles. The summed E-state index contributed by atoms with van der Waals surface area (Å²) in [7, 11) is 1.86. The molecule has 84 valence electrons. The Balaban J connectivity index is 1.99. The van der Waals surface area contributed by atoms with Gasteiger partial charge in [-0.15, -0.1) is 10.2 Å². The number of aromatic nitrogens is 2. The number of nitrogens with zero attached hydrogens (tertiary/aromatic N) is 2. The lowest BCUT2D eigenvalue weighted by atomic mass is 10.1. The molecule has 0 aliphatic rings. The zero-order chi connectivity index (χ0) is 11.4. The number of hydrogen-bond donors (Lipinski definition) is 1. The molecule has 0 saturated carbocycles. The number of rotatable bonds is 4. The molecule has 0 aliphatic heterocycles. The van der Waals surface area contributed by atoms with Crippen molar-refractivity contribution in [2.45, 2.75) is 17.0 Å². The highest BCUT2D eigenvalue weighted by Gasteiger charge is 2.04. The molecule has 0 bridgehead atoms. The van der Waals surface area contributed by atoms with E-state index in [1.165, 1.54) is 11.1 Å². The van der Waals surface area contributed by atoms with Crippen molar-refractivity contribution in [3.63, 3.8) is 0 Å². The fraction of sp³-hybridized carbons (Fsp3) is 0.273. The maximum atomic E-state index is 4.10. The Kier molecular flexibility index (Phi) is 3.79. The molecule has 5 heteroatoms. The Morgan fingerprint density at radius 2 is 2.12 bits per heavy atom. The monoisotopic (exact) mass is 251 g/mol. The smallest absolute Gasteiger partial charge is 0.206 e. The van der Waals surface area contributed by atoms with Gasteiger partial charge in [-0.05, 0) is 18.1 Å². The molecule has 1 N–H and O–H groups in total. The van der Waals surface area contributed by atoms with E-state index in [0.717, 1.165) is 15.2 Å². The zero-order valence-corrected chi connectivity index (χ0v) is 10.9. The van der Waals surface area contributed by atoms with Gasteiger partial charge in [-0.25, -0.2) is 0 Å². The largest absolute Gasteiger partial charge is 0.363 e. The minimum atomic E-state index is 0.868. The van der Waals surface area contributed by atoms with Crippen LogP contribution in [0.1, 0.15) is 11.1 Å². The van der Waals surface area contributed by atoms with Gasteiger partial charge < -0.3 is 5.32 Å². The molecule has 2 aromatic rings. The molecule has 0 aliphatic carbocycles. The van der Waals surface area contributed by atoms with Gasteiger partial charge in [-0.1, -0.05) is 47.4 Å². The molecule has 0 atom stereocenters. The van der Waals surface area contributed by atoms with Crippen molar-refractivity contribution in [1.82, 2.24) is 10.2 Å². The van der Waals surface area contributed by atoms with Crippen LogP contribution in [0.5, 0.6) is 0 Å². The van der Waals surface area contributed by atoms with E-state index >= 15 is 0 Å². The fourth-order valence-electron chi connectivity index (χ4n) is 1.28. The van der Waals surface area contributed by atoms with Gasteiger partial charge in [0.25, 0.3) is 0 Å². The Bertz CT molecular complexity index is 468. The molecule has 0 spiro atoms. The Morgan fingerprint density at radius 1 is 1.31 bits per heavy atom. The summed E-state index contributed by atoms with van der Waals surface area (Å²) < 4.78 is 1.01. The van der Waals surface area contributed by atoms with Crippen molar-refractivity contribution < 1.29 is 0 Å². The number of anilines is 1. The van der Waals surface area contributed by atoms with Gasteiger partial charge in [0.05, 0.1) is 0 Å². The van der Waals surface area contributed by atoms with E-state index < -0.39 is 0 Å². The maximum Gasteiger partial charge on any atom is 0.206 e. The van der Waals surface area contributed by atoms with Crippen LogP contribution in [-0.4, -0.2) is 17.2 Å². The third-order valence-electron chi connectivity index (χ3n) is 2.23. The predicted molar refractivity (Wildman–Crippen MR) is 70.2 cm³/mol. The SMILES string of the molecule is CNc1nnc(SCc2ccccc2C)s1. The molecule has 16 heavy (non-hydrogen) atoms. The van der Waals surface area contributed by atoms with E-state index in [2.05, 4.69) is 46.7 Å². The quantitative estimate of drug-likeness (QED) is 0.847. The molecule has 0 fully saturated rings. The van der Waals surface area contributed by atoms with Crippen LogP contribution in [0.3, 0.4) is 0 Å². The van der Waals surface area contributed by atoms with E-state index in [1.54, 1.807) is 23.1 Å². The fourth-order valence-corrected chi connectivity index (χ4v) is 3.06. The second kappa shape index (κ2) is 5.32. The lowest BCUT2D eigenvalue weighted by molar-refractivity contribution is 1.01. The van der Waals surface area contributed by atoms with Gasteiger partial charge in [-0.2, -0.15) is 0 Å². The van der Waals surface area contributed by atoms with Crippen molar-refractivity contribution in [1.29, 1.82) is 0 Å². The van der Waals surface area contributed by atoms with E-state index in [9.17, 15) is 0 Å². The van der Waals surface area contributed by atoms with Crippen molar-refractivity contribution in [2.24, 2.45) is 0 Å². The molecule has 2 rings (SSSR count). The highest BCUT2D eigenvalue weighted by molar-refractivity contribution is 8.00. The van der Waals surface area contributed by atoms with Crippen LogP contribution in [-0.2, 0) is 5.75 Å². The summed E-state index contributed by atoms with van der Waals surface area (Å²) in [6.45, 7) is 2.13. The molecular weight excluding hydrogens is 238 g/mol. The van der Waals surface area contributed by atoms with Gasteiger partial charge >= 0.3 is 0 Å². The molecule has 0 saturated heterocycles. The third kappa shape index (κ3) is 2.74. The van der Waals surface area contributed by atoms with Crippen LogP contribution in [0, 0.1) is 6.92 Å². The van der Waals surface area contributed by atoms with E-state index in [0.29, 0.717) is 0 Å². The van der Waals surface area contributed by atoms with E-state index in [-0.39, 0.29) is 0 Å². The molecule has 0 radical (unpaired) electrons. The second-order valence-corrected chi connectivity index (χ2v) is 5.54. The van der Waals surface area contributed by atoms with Gasteiger partial charge in [0.15, 0.2) is 4.34 Å². The maximum absolute atomic E-state index is 4.10. The van der Waals surface area contributed by atoms with Crippen molar-refractivity contribution in [3.8, 4) is 0 Å². The average Bonchev–Trinajstić information content (AvgIpc) is 2.76. The predicted octanol–water partition coefficient (Wildman–Crippen LogP) is 3.18. The normalized spacial score (nSPS) is 10.4. The van der Waals surface area contributed by atoms with Crippen molar-refractivity contribution >= 4 is 28.2 Å². The highest BCUT2D eigenvalue weighted by Crippen LogP contribution is 2.28. The Hall–Kier alpha value is -1.07. The van der Waals surface area contributed by atoms with Gasteiger partial charge in [0.1, 0.15) is 0 Å². The van der Waals surface area contributed by atoms with Gasteiger partial charge in [-0.3, -0.25) is 0 Å². The summed E-state index contributed by atoms with van der Waals surface area (Å²) in [6.07, 6.45) is 0. The van der Waals surface area contributed by atoms with Crippen LogP contribution in [0.25, 0.3) is 0 Å². The van der Waals surface area contributed by atoms with Crippen LogP contribution < -0.4 is 5.32 Å². The standard InChI is InChI=1S/C11H13N3S2/c1-8-5-3-4-6-9(8)7-15-11-14-13-10(12-2)16-11/h3-6H,7H2,1-2H3,(H,12,13). The minimum absolute atomic E-state index is 0.868. The number of nitrogens with one attached hydrogen (secondary N) is 1. The lowest BCUT2D eigenvalue weighted by Gasteiger charge is -2.02. The molecule has 0 unspecified atom stereocenters. The topological polar surface area (TPSA) is 37.8 Å². The van der Waals surface area contributed by atoms with Crippen LogP contribution in [0.4, 0.5) is 5.13 Å². The summed E-state index contributed by atoms with van der Waals surface area (Å²) in [5.41, 5.74) is 2.68. The summed E-state index contributed by atoms with van der Waals surface area (Å²) in [6, 6.07) is 8.42. The number of benzene rings is 1. The van der Waals surface area contributed by atoms with Gasteiger partial charge in [0.2, 0.25) is 5.13 Å². The van der Waals surface area contributed by atoms with Crippen molar-refractivity contribution in [2.75, 3.05) is 12.4 Å². The molecule has 3 nitrogen and oxygen atoms in total. The van der Waals surface area contributed by atoms with Crippen LogP contribution >= 0.6 is 23.1 Å². The zero-order valence-electron chi connectivity index (χ0n) is 9.23. The molecule has 1 aromatic heterocycles. The summed E-state index contributed by atoms with van der Waals surface area (Å²) >= 11 is 3.32. The lowest BCUT2D eigenvalue weighted by Crippen LogP contribution is -1.85. The first-order chi connectivity index (χ1) is 7.79. The average molecular weight is 251 g/mol. The third-order valence-corrected chi connectivity index (χ3v) is 4.36. The highest BCUT2D eigenvalue weighted by atomic mass is 32.2. The summed E-state index contributed by atoms with van der Waals surface area (Å²) in [4.78, 5) is 0. The molecule has 1 aromatic carbocycles. The first-order valence-corrected chi connectivity index (χ1v) is 6.78. The first kappa shape index (κ1) is 11.4. The Labute approximate surface area is 103 Å². The van der Waals surface area contributed by atoms with Crippen molar-refractivity contribution in [3.05, 3.63) is 35.4 Å². The Morgan fingerprint density at radius 3 is 2.81 bits per heavy atom. The summed E-state index contributed by atoms with van der Waals surface area (Å²) in [5, 5.41) is 12.0. The minimum Gasteiger partial charge on any atom is -0.363 e. The first-order valence-electron chi connectivity index (χ1n) is 4.98. The number of thioether (sulfide) groups is 1. The molecule has 0 amide bonds. The van der Waals surface area contributed by atoms with Crippen LogP contribution in [0.15, 0.2) is 28.6 Å². The van der Waals surface area contributed by atoms with Crippen LogP contribution in [0.2, 0.25) is 0 Å². The number of hydrogen-bond acceptors (Lipinski definition) is 5. The van der Waals surface area contributed by atoms with E-state index in [4.69, 9.17) is 0 Å². The number of aryl methyl sites for hydroxylation is 1. The summed E-state index contributed by atoms with van der Waals surface area (Å²) in [5.74, 6) is 0.949. The van der Waals surface area contributed by atoms with E-state index in [1.807, 2.05) is 7.05 Å². The second-order valence-electron chi connectivity index (χ2n) is 3.34. The van der Waals surface area contributed by atoms with Gasteiger partial charge in [0, 0.05) is 12.8 Å². The molecular formula is C11H13N3S2.